The molecule has 106 valence electrons. The zero-order chi connectivity index (χ0) is 14.7. The van der Waals surface area contributed by atoms with Gasteiger partial charge < -0.3 is 20.4 Å². The first-order chi connectivity index (χ1) is 9.51. The Morgan fingerprint density at radius 2 is 2.15 bits per heavy atom. The summed E-state index contributed by atoms with van der Waals surface area (Å²) in [6, 6.07) is 4.93. The Labute approximate surface area is 115 Å². The number of nitrogens with two attached hydrogens (primary N) is 1. The van der Waals surface area contributed by atoms with Crippen LogP contribution in [0.3, 0.4) is 0 Å². The van der Waals surface area contributed by atoms with Crippen LogP contribution in [0.1, 0.15) is 0 Å². The predicted molar refractivity (Wildman–Crippen MR) is 75.7 cm³/mol. The van der Waals surface area contributed by atoms with Crippen LogP contribution in [-0.4, -0.2) is 22.2 Å². The summed E-state index contributed by atoms with van der Waals surface area (Å²) in [5.41, 5.74) is 6.44. The molecule has 1 heterocycles. The van der Waals surface area contributed by atoms with Crippen LogP contribution < -0.4 is 21.5 Å². The first-order valence-corrected chi connectivity index (χ1v) is 5.96. The minimum Gasteiger partial charge on any atom is -0.494 e. The van der Waals surface area contributed by atoms with E-state index in [0.29, 0.717) is 17.1 Å². The highest BCUT2D eigenvalue weighted by Gasteiger charge is 2.10. The number of nitrogen functional groups attached to an aromatic ring is 1. The second-order valence-electron chi connectivity index (χ2n) is 4.33. The number of hydrogen-bond donors (Lipinski definition) is 2. The van der Waals surface area contributed by atoms with Gasteiger partial charge in [0.15, 0.2) is 0 Å². The van der Waals surface area contributed by atoms with Crippen molar-refractivity contribution in [1.82, 2.24) is 9.13 Å². The van der Waals surface area contributed by atoms with Gasteiger partial charge in [-0.2, -0.15) is 0 Å². The lowest BCUT2D eigenvalue weighted by molar-refractivity contribution is -0.116. The van der Waals surface area contributed by atoms with Crippen LogP contribution in [0.2, 0.25) is 0 Å². The van der Waals surface area contributed by atoms with Gasteiger partial charge in [0.25, 0.3) is 0 Å². The van der Waals surface area contributed by atoms with Gasteiger partial charge in [-0.05, 0) is 12.1 Å². The van der Waals surface area contributed by atoms with E-state index in [0.717, 1.165) is 0 Å². The molecule has 7 heteroatoms. The van der Waals surface area contributed by atoms with Gasteiger partial charge in [-0.1, -0.05) is 0 Å². The molecule has 0 radical (unpaired) electrons. The van der Waals surface area contributed by atoms with Crippen LogP contribution in [0.15, 0.2) is 35.4 Å². The Morgan fingerprint density at radius 1 is 1.40 bits per heavy atom. The molecule has 0 aliphatic heterocycles. The Morgan fingerprint density at radius 3 is 2.75 bits per heavy atom. The van der Waals surface area contributed by atoms with Gasteiger partial charge in [0.2, 0.25) is 5.91 Å². The summed E-state index contributed by atoms with van der Waals surface area (Å²) in [4.78, 5) is 23.6. The molecular weight excluding hydrogens is 260 g/mol. The molecule has 0 aliphatic rings. The Bertz CT molecular complexity index is 687. The van der Waals surface area contributed by atoms with Gasteiger partial charge in [-0.15, -0.1) is 0 Å². The molecule has 1 aromatic heterocycles. The van der Waals surface area contributed by atoms with E-state index in [1.807, 2.05) is 0 Å². The standard InChI is InChI=1S/C13H16N4O3/c1-16-5-6-17(13(16)19)8-12(18)15-10-4-3-9(14)7-11(10)20-2/h3-7H,8,14H2,1-2H3,(H,15,18). The maximum Gasteiger partial charge on any atom is 0.328 e. The Balaban J connectivity index is 2.12. The van der Waals surface area contributed by atoms with Crippen molar-refractivity contribution in [3.05, 3.63) is 41.1 Å². The summed E-state index contributed by atoms with van der Waals surface area (Å²) in [6.45, 7) is -0.0623. The van der Waals surface area contributed by atoms with E-state index in [4.69, 9.17) is 10.5 Å². The number of aromatic nitrogens is 2. The second-order valence-corrected chi connectivity index (χ2v) is 4.33. The summed E-state index contributed by atoms with van der Waals surface area (Å²) < 4.78 is 7.86. The topological polar surface area (TPSA) is 91.3 Å². The highest BCUT2D eigenvalue weighted by Crippen LogP contribution is 2.26. The lowest BCUT2D eigenvalue weighted by atomic mass is 10.2. The van der Waals surface area contributed by atoms with Crippen molar-refractivity contribution in [3.8, 4) is 5.75 Å². The SMILES string of the molecule is COc1cc(N)ccc1NC(=O)Cn1ccn(C)c1=O. The Hall–Kier alpha value is -2.70. The average Bonchev–Trinajstić information content (AvgIpc) is 2.72. The van der Waals surface area contributed by atoms with E-state index in [9.17, 15) is 9.59 Å². The van der Waals surface area contributed by atoms with E-state index >= 15 is 0 Å². The normalized spacial score (nSPS) is 10.3. The lowest BCUT2D eigenvalue weighted by Crippen LogP contribution is -2.28. The number of nitrogens with one attached hydrogen (secondary N) is 1. The number of aryl methyl sites for hydroxylation is 1. The fraction of sp³-hybridized carbons (Fsp3) is 0.231. The number of nitrogens with zero attached hydrogens (tertiary/aromatic N) is 2. The minimum absolute atomic E-state index is 0.0623. The van der Waals surface area contributed by atoms with Crippen LogP contribution in [0.5, 0.6) is 5.75 Å². The molecule has 0 spiro atoms. The number of carbonyl (C=O) groups is 1. The van der Waals surface area contributed by atoms with Gasteiger partial charge in [0.1, 0.15) is 12.3 Å². The minimum atomic E-state index is -0.318. The quantitative estimate of drug-likeness (QED) is 0.792. The zero-order valence-corrected chi connectivity index (χ0v) is 11.3. The summed E-state index contributed by atoms with van der Waals surface area (Å²) in [5.74, 6) is 0.153. The first-order valence-electron chi connectivity index (χ1n) is 5.96. The molecule has 0 bridgehead atoms. The Kier molecular flexibility index (Phi) is 3.79. The first kappa shape index (κ1) is 13.7. The van der Waals surface area contributed by atoms with Crippen molar-refractivity contribution in [2.45, 2.75) is 6.54 Å². The van der Waals surface area contributed by atoms with E-state index < -0.39 is 0 Å². The molecule has 2 aromatic rings. The number of amides is 1. The molecule has 0 saturated carbocycles. The van der Waals surface area contributed by atoms with Crippen LogP contribution in [0.4, 0.5) is 11.4 Å². The molecule has 0 atom stereocenters. The average molecular weight is 276 g/mol. The third kappa shape index (κ3) is 2.82. The van der Waals surface area contributed by atoms with Gasteiger partial charge in [0, 0.05) is 31.2 Å². The number of imidazole rings is 1. The lowest BCUT2D eigenvalue weighted by Gasteiger charge is -2.10. The molecule has 0 saturated heterocycles. The number of anilines is 2. The maximum absolute atomic E-state index is 11.9. The van der Waals surface area contributed by atoms with E-state index in [2.05, 4.69) is 5.32 Å². The molecular formula is C13H16N4O3. The van der Waals surface area contributed by atoms with Gasteiger partial charge in [-0.3, -0.25) is 9.36 Å². The summed E-state index contributed by atoms with van der Waals surface area (Å²) in [6.07, 6.45) is 3.15. The molecule has 3 N–H and O–H groups in total. The fourth-order valence-corrected chi connectivity index (χ4v) is 1.79. The van der Waals surface area contributed by atoms with Crippen molar-refractivity contribution in [2.24, 2.45) is 7.05 Å². The van der Waals surface area contributed by atoms with Crippen LogP contribution >= 0.6 is 0 Å². The van der Waals surface area contributed by atoms with Crippen LogP contribution in [-0.2, 0) is 18.4 Å². The summed E-state index contributed by atoms with van der Waals surface area (Å²) in [7, 11) is 3.12. The number of hydrogen-bond acceptors (Lipinski definition) is 4. The van der Waals surface area contributed by atoms with Crippen LogP contribution in [0.25, 0.3) is 0 Å². The number of carbonyl (C=O) groups excluding carboxylic acids is 1. The highest BCUT2D eigenvalue weighted by molar-refractivity contribution is 5.92. The van der Waals surface area contributed by atoms with Crippen molar-refractivity contribution < 1.29 is 9.53 Å². The summed E-state index contributed by atoms with van der Waals surface area (Å²) in [5, 5.41) is 2.69. The van der Waals surface area contributed by atoms with Gasteiger partial charge in [-0.25, -0.2) is 4.79 Å². The maximum atomic E-state index is 11.9. The van der Waals surface area contributed by atoms with E-state index in [1.165, 1.54) is 16.2 Å². The van der Waals surface area contributed by atoms with Crippen molar-refractivity contribution in [2.75, 3.05) is 18.2 Å². The van der Waals surface area contributed by atoms with Crippen molar-refractivity contribution in [1.29, 1.82) is 0 Å². The molecule has 0 aliphatic carbocycles. The zero-order valence-electron chi connectivity index (χ0n) is 11.3. The second kappa shape index (κ2) is 5.52. The molecule has 0 unspecified atom stereocenters. The molecule has 0 fully saturated rings. The fourth-order valence-electron chi connectivity index (χ4n) is 1.79. The van der Waals surface area contributed by atoms with Crippen molar-refractivity contribution >= 4 is 17.3 Å². The summed E-state index contributed by atoms with van der Waals surface area (Å²) >= 11 is 0. The van der Waals surface area contributed by atoms with Crippen molar-refractivity contribution in [3.63, 3.8) is 0 Å². The number of rotatable bonds is 4. The van der Waals surface area contributed by atoms with Gasteiger partial charge >= 0.3 is 5.69 Å². The number of methoxy groups -OCH3 is 1. The molecule has 2 rings (SSSR count). The van der Waals surface area contributed by atoms with Gasteiger partial charge in [0.05, 0.1) is 12.8 Å². The number of ether oxygens (including phenoxy) is 1. The van der Waals surface area contributed by atoms with Crippen LogP contribution in [0, 0.1) is 0 Å². The third-order valence-electron chi connectivity index (χ3n) is 2.83. The largest absolute Gasteiger partial charge is 0.494 e. The highest BCUT2D eigenvalue weighted by atomic mass is 16.5. The smallest absolute Gasteiger partial charge is 0.328 e. The molecule has 20 heavy (non-hydrogen) atoms. The monoisotopic (exact) mass is 276 g/mol. The van der Waals surface area contributed by atoms with E-state index in [1.54, 1.807) is 37.6 Å². The third-order valence-corrected chi connectivity index (χ3v) is 2.83. The molecule has 7 nitrogen and oxygen atoms in total. The predicted octanol–water partition coefficient (Wildman–Crippen LogP) is 0.416. The molecule has 1 aromatic carbocycles. The van der Waals surface area contributed by atoms with E-state index in [-0.39, 0.29) is 18.1 Å². The molecule has 1 amide bonds. The number of benzene rings is 1.